The van der Waals surface area contributed by atoms with Gasteiger partial charge in [0, 0.05) is 18.7 Å². The maximum absolute atomic E-state index is 4.47. The van der Waals surface area contributed by atoms with Crippen molar-refractivity contribution in [3.63, 3.8) is 0 Å². The largest absolute Gasteiger partial charge is 0.369 e. The van der Waals surface area contributed by atoms with Crippen molar-refractivity contribution in [3.8, 4) is 11.3 Å². The van der Waals surface area contributed by atoms with Crippen LogP contribution in [-0.2, 0) is 0 Å². The molecule has 0 N–H and O–H groups in total. The van der Waals surface area contributed by atoms with Crippen molar-refractivity contribution < 1.29 is 0 Å². The zero-order valence-corrected chi connectivity index (χ0v) is 10.4. The highest BCUT2D eigenvalue weighted by molar-refractivity contribution is 5.74. The second-order valence-corrected chi connectivity index (χ2v) is 4.67. The lowest BCUT2D eigenvalue weighted by Crippen LogP contribution is -2.30. The van der Waals surface area contributed by atoms with E-state index >= 15 is 0 Å². The van der Waals surface area contributed by atoms with E-state index < -0.39 is 0 Å². The lowest BCUT2D eigenvalue weighted by molar-refractivity contribution is 0.577. The van der Waals surface area contributed by atoms with Gasteiger partial charge >= 0.3 is 0 Å². The molecule has 0 radical (unpaired) electrons. The first-order valence-electron chi connectivity index (χ1n) is 6.55. The molecular weight excluding hydrogens is 222 g/mol. The predicted molar refractivity (Wildman–Crippen MR) is 73.5 cm³/mol. The molecule has 0 amide bonds. The van der Waals surface area contributed by atoms with Crippen LogP contribution in [-0.4, -0.2) is 23.1 Å². The second kappa shape index (κ2) is 5.17. The number of rotatable bonds is 2. The van der Waals surface area contributed by atoms with Gasteiger partial charge in [-0.05, 0) is 19.3 Å². The van der Waals surface area contributed by atoms with Crippen LogP contribution in [0.25, 0.3) is 11.3 Å². The van der Waals surface area contributed by atoms with Crippen molar-refractivity contribution >= 4 is 5.69 Å². The maximum Gasteiger partial charge on any atom is 0.116 e. The van der Waals surface area contributed by atoms with E-state index in [9.17, 15) is 0 Å². The molecule has 1 aromatic carbocycles. The monoisotopic (exact) mass is 239 g/mol. The Hall–Kier alpha value is -1.90. The summed E-state index contributed by atoms with van der Waals surface area (Å²) in [4.78, 5) is 11.1. The summed E-state index contributed by atoms with van der Waals surface area (Å²) < 4.78 is 0. The van der Waals surface area contributed by atoms with Gasteiger partial charge in [-0.25, -0.2) is 9.97 Å². The molecule has 0 saturated carbocycles. The molecule has 1 aliphatic heterocycles. The van der Waals surface area contributed by atoms with E-state index in [0.717, 1.165) is 18.8 Å². The molecule has 1 saturated heterocycles. The summed E-state index contributed by atoms with van der Waals surface area (Å²) >= 11 is 0. The van der Waals surface area contributed by atoms with E-state index in [4.69, 9.17) is 0 Å². The zero-order chi connectivity index (χ0) is 12.2. The van der Waals surface area contributed by atoms with Gasteiger partial charge < -0.3 is 4.90 Å². The summed E-state index contributed by atoms with van der Waals surface area (Å²) in [7, 11) is 0. The first kappa shape index (κ1) is 11.2. The summed E-state index contributed by atoms with van der Waals surface area (Å²) in [5.74, 6) is 0. The van der Waals surface area contributed by atoms with Gasteiger partial charge in [0.15, 0.2) is 0 Å². The number of hydrogen-bond acceptors (Lipinski definition) is 3. The second-order valence-electron chi connectivity index (χ2n) is 4.67. The third-order valence-corrected chi connectivity index (χ3v) is 3.44. The van der Waals surface area contributed by atoms with E-state index in [1.807, 2.05) is 12.3 Å². The normalized spacial score (nSPS) is 15.7. The third kappa shape index (κ3) is 2.21. The minimum atomic E-state index is 1.05. The Kier molecular flexibility index (Phi) is 3.22. The van der Waals surface area contributed by atoms with Crippen LogP contribution < -0.4 is 4.90 Å². The fourth-order valence-electron chi connectivity index (χ4n) is 2.51. The van der Waals surface area contributed by atoms with Crippen LogP contribution in [0.4, 0.5) is 5.69 Å². The van der Waals surface area contributed by atoms with Gasteiger partial charge in [-0.2, -0.15) is 0 Å². The Morgan fingerprint density at radius 2 is 1.72 bits per heavy atom. The van der Waals surface area contributed by atoms with Crippen molar-refractivity contribution in [2.24, 2.45) is 0 Å². The fourth-order valence-corrected chi connectivity index (χ4v) is 2.51. The molecule has 0 spiro atoms. The minimum absolute atomic E-state index is 1.05. The van der Waals surface area contributed by atoms with Crippen molar-refractivity contribution in [1.29, 1.82) is 0 Å². The van der Waals surface area contributed by atoms with Crippen LogP contribution in [0.3, 0.4) is 0 Å². The molecule has 0 unspecified atom stereocenters. The van der Waals surface area contributed by atoms with Crippen LogP contribution in [0, 0.1) is 0 Å². The molecule has 3 rings (SSSR count). The smallest absolute Gasteiger partial charge is 0.116 e. The first-order valence-corrected chi connectivity index (χ1v) is 6.55. The molecule has 1 aliphatic rings. The highest BCUT2D eigenvalue weighted by Crippen LogP contribution is 2.29. The number of piperidine rings is 1. The van der Waals surface area contributed by atoms with Crippen LogP contribution in [0.5, 0.6) is 0 Å². The topological polar surface area (TPSA) is 29.0 Å². The van der Waals surface area contributed by atoms with E-state index in [1.165, 1.54) is 30.5 Å². The molecule has 0 aliphatic carbocycles. The first-order chi connectivity index (χ1) is 8.95. The fraction of sp³-hybridized carbons (Fsp3) is 0.333. The Bertz CT molecular complexity index is 504. The average molecular weight is 239 g/mol. The van der Waals surface area contributed by atoms with Gasteiger partial charge in [-0.15, -0.1) is 0 Å². The molecule has 18 heavy (non-hydrogen) atoms. The minimum Gasteiger partial charge on any atom is -0.369 e. The molecular formula is C15H17N3. The number of benzene rings is 1. The lowest BCUT2D eigenvalue weighted by Gasteiger charge is -2.29. The van der Waals surface area contributed by atoms with Gasteiger partial charge in [-0.3, -0.25) is 0 Å². The van der Waals surface area contributed by atoms with E-state index in [0.29, 0.717) is 0 Å². The number of hydrogen-bond donors (Lipinski definition) is 0. The molecule has 1 fully saturated rings. The van der Waals surface area contributed by atoms with Gasteiger partial charge in [0.05, 0.1) is 17.6 Å². The Balaban J connectivity index is 1.99. The number of nitrogens with zero attached hydrogens (tertiary/aromatic N) is 3. The summed E-state index contributed by atoms with van der Waals surface area (Å²) in [6.45, 7) is 2.24. The SMILES string of the molecule is c1ccc(-c2ncncc2N2CCCCC2)cc1. The van der Waals surface area contributed by atoms with Gasteiger partial charge in [-0.1, -0.05) is 30.3 Å². The average Bonchev–Trinajstić information content (AvgIpc) is 2.49. The predicted octanol–water partition coefficient (Wildman–Crippen LogP) is 3.13. The van der Waals surface area contributed by atoms with Crippen molar-refractivity contribution in [3.05, 3.63) is 42.9 Å². The van der Waals surface area contributed by atoms with E-state index in [2.05, 4.69) is 39.1 Å². The van der Waals surface area contributed by atoms with Gasteiger partial charge in [0.2, 0.25) is 0 Å². The van der Waals surface area contributed by atoms with E-state index in [-0.39, 0.29) is 0 Å². The van der Waals surface area contributed by atoms with Crippen molar-refractivity contribution in [2.75, 3.05) is 18.0 Å². The van der Waals surface area contributed by atoms with Crippen molar-refractivity contribution in [1.82, 2.24) is 9.97 Å². The van der Waals surface area contributed by atoms with Crippen LogP contribution >= 0.6 is 0 Å². The molecule has 1 aromatic heterocycles. The number of aromatic nitrogens is 2. The van der Waals surface area contributed by atoms with Crippen LogP contribution in [0.15, 0.2) is 42.9 Å². The molecule has 3 heteroatoms. The lowest BCUT2D eigenvalue weighted by atomic mass is 10.1. The zero-order valence-electron chi connectivity index (χ0n) is 10.4. The molecule has 3 nitrogen and oxygen atoms in total. The van der Waals surface area contributed by atoms with Crippen molar-refractivity contribution in [2.45, 2.75) is 19.3 Å². The number of anilines is 1. The summed E-state index contributed by atoms with van der Waals surface area (Å²) in [6.07, 6.45) is 7.45. The Labute approximate surface area is 108 Å². The highest BCUT2D eigenvalue weighted by atomic mass is 15.1. The summed E-state index contributed by atoms with van der Waals surface area (Å²) in [5, 5.41) is 0. The quantitative estimate of drug-likeness (QED) is 0.806. The molecule has 0 bridgehead atoms. The van der Waals surface area contributed by atoms with Crippen LogP contribution in [0.2, 0.25) is 0 Å². The Morgan fingerprint density at radius 3 is 2.50 bits per heavy atom. The summed E-state index contributed by atoms with van der Waals surface area (Å²) in [6, 6.07) is 10.4. The Morgan fingerprint density at radius 1 is 0.944 bits per heavy atom. The third-order valence-electron chi connectivity index (χ3n) is 3.44. The van der Waals surface area contributed by atoms with Crippen LogP contribution in [0.1, 0.15) is 19.3 Å². The highest BCUT2D eigenvalue weighted by Gasteiger charge is 2.16. The van der Waals surface area contributed by atoms with Gasteiger partial charge in [0.25, 0.3) is 0 Å². The van der Waals surface area contributed by atoms with E-state index in [1.54, 1.807) is 6.33 Å². The van der Waals surface area contributed by atoms with Gasteiger partial charge in [0.1, 0.15) is 6.33 Å². The molecule has 92 valence electrons. The molecule has 0 atom stereocenters. The standard InChI is InChI=1S/C15H17N3/c1-3-7-13(8-4-1)15-14(11-16-12-17-15)18-9-5-2-6-10-18/h1,3-4,7-8,11-12H,2,5-6,9-10H2. The maximum atomic E-state index is 4.47. The molecule has 2 aromatic rings. The molecule has 2 heterocycles. The summed E-state index contributed by atoms with van der Waals surface area (Å²) in [5.41, 5.74) is 3.39.